The van der Waals surface area contributed by atoms with Crippen LogP contribution in [0.15, 0.2) is 125 Å². The van der Waals surface area contributed by atoms with Crippen molar-refractivity contribution < 1.29 is 10.2 Å². The van der Waals surface area contributed by atoms with Crippen molar-refractivity contribution in [1.82, 2.24) is 0 Å². The van der Waals surface area contributed by atoms with Crippen LogP contribution in [0.3, 0.4) is 0 Å². The van der Waals surface area contributed by atoms with Crippen LogP contribution in [-0.2, 0) is 19.3 Å². The molecule has 2 aliphatic rings. The van der Waals surface area contributed by atoms with Crippen molar-refractivity contribution in [2.45, 2.75) is 25.3 Å². The van der Waals surface area contributed by atoms with Gasteiger partial charge in [0.15, 0.2) is 0 Å². The molecule has 4 nitrogen and oxygen atoms in total. The number of nitrogens with zero attached hydrogens (tertiary/aromatic N) is 2. The van der Waals surface area contributed by atoms with Crippen LogP contribution in [0.5, 0.6) is 0 Å². The van der Waals surface area contributed by atoms with Crippen LogP contribution < -0.4 is 0 Å². The fourth-order valence-corrected chi connectivity index (χ4v) is 5.30. The molecule has 0 saturated heterocycles. The van der Waals surface area contributed by atoms with Gasteiger partial charge in [0.25, 0.3) is 0 Å². The Morgan fingerprint density at radius 1 is 0.649 bits per heavy atom. The van der Waals surface area contributed by atoms with Gasteiger partial charge >= 0.3 is 0 Å². The average Bonchev–Trinajstić information content (AvgIpc) is 2.94. The zero-order valence-corrected chi connectivity index (χ0v) is 20.5. The van der Waals surface area contributed by atoms with E-state index in [1.54, 1.807) is 0 Å². The van der Waals surface area contributed by atoms with Gasteiger partial charge in [-0.15, -0.1) is 0 Å². The van der Waals surface area contributed by atoms with E-state index in [4.69, 9.17) is 9.98 Å². The molecular formula is C33H28N2O2. The van der Waals surface area contributed by atoms with Crippen LogP contribution >= 0.6 is 0 Å². The smallest absolute Gasteiger partial charge is 0.137 e. The third-order valence-electron chi connectivity index (χ3n) is 7.17. The van der Waals surface area contributed by atoms with E-state index < -0.39 is 0 Å². The molecule has 0 saturated carbocycles. The van der Waals surface area contributed by atoms with Crippen LogP contribution in [0.25, 0.3) is 10.8 Å². The minimum Gasteiger partial charge on any atom is -0.506 e. The van der Waals surface area contributed by atoms with E-state index in [-0.39, 0.29) is 17.6 Å². The summed E-state index contributed by atoms with van der Waals surface area (Å²) in [5.41, 5.74) is 6.62. The number of aliphatic hydroxyl groups is 2. The summed E-state index contributed by atoms with van der Waals surface area (Å²) in [6.07, 6.45) is 5.68. The number of aliphatic imine (C=N–C) groups is 2. The number of benzene rings is 4. The third-order valence-corrected chi connectivity index (χ3v) is 7.17. The summed E-state index contributed by atoms with van der Waals surface area (Å²) in [4.78, 5) is 10.0. The Balaban J connectivity index is 1.42. The van der Waals surface area contributed by atoms with E-state index in [1.807, 2.05) is 54.6 Å². The molecule has 4 aromatic rings. The van der Waals surface area contributed by atoms with E-state index in [2.05, 4.69) is 48.5 Å². The van der Waals surface area contributed by atoms with Crippen molar-refractivity contribution in [1.29, 1.82) is 0 Å². The molecule has 0 fully saturated rings. The summed E-state index contributed by atoms with van der Waals surface area (Å²) in [5, 5.41) is 23.9. The standard InChI is InChI=1S/C33H28N2O2/c36-30-18-16-23-9-2-5-14-28(23)32(30)34-21-26(20-25-12-7-11-22-8-1-4-13-27(22)25)35-33-29-15-6-3-10-24(29)17-19-31(33)37/h1-15,18-19,26,36-37H,16-17,20-21H2/t26-/m0/s1. The second kappa shape index (κ2) is 9.90. The van der Waals surface area contributed by atoms with Gasteiger partial charge in [0.1, 0.15) is 22.9 Å². The molecule has 0 heterocycles. The highest BCUT2D eigenvalue weighted by Crippen LogP contribution is 2.25. The zero-order chi connectivity index (χ0) is 25.2. The van der Waals surface area contributed by atoms with Crippen molar-refractivity contribution in [3.8, 4) is 0 Å². The Kier molecular flexibility index (Phi) is 6.15. The summed E-state index contributed by atoms with van der Waals surface area (Å²) in [6, 6.07) is 30.6. The topological polar surface area (TPSA) is 65.2 Å². The Labute approximate surface area is 216 Å². The number of rotatable bonds is 5. The van der Waals surface area contributed by atoms with Crippen LogP contribution in [0.1, 0.15) is 27.8 Å². The first kappa shape index (κ1) is 23.0. The summed E-state index contributed by atoms with van der Waals surface area (Å²) in [5.74, 6) is 0.418. The van der Waals surface area contributed by atoms with Crippen molar-refractivity contribution in [3.05, 3.63) is 142 Å². The number of allylic oxidation sites excluding steroid dienone is 4. The van der Waals surface area contributed by atoms with Gasteiger partial charge in [-0.25, -0.2) is 0 Å². The molecule has 4 aromatic carbocycles. The highest BCUT2D eigenvalue weighted by atomic mass is 16.3. The van der Waals surface area contributed by atoms with Crippen LogP contribution in [0, 0.1) is 0 Å². The lowest BCUT2D eigenvalue weighted by Gasteiger charge is -2.20. The quantitative estimate of drug-likeness (QED) is 0.330. The van der Waals surface area contributed by atoms with Gasteiger partial charge in [-0.3, -0.25) is 9.98 Å². The minimum atomic E-state index is -0.239. The molecule has 0 bridgehead atoms. The molecular weight excluding hydrogens is 456 g/mol. The Morgan fingerprint density at radius 3 is 2.00 bits per heavy atom. The molecule has 0 amide bonds. The maximum Gasteiger partial charge on any atom is 0.137 e. The molecule has 37 heavy (non-hydrogen) atoms. The molecule has 6 rings (SSSR count). The van der Waals surface area contributed by atoms with Crippen molar-refractivity contribution in [2.75, 3.05) is 6.54 Å². The molecule has 1 atom stereocenters. The maximum absolute atomic E-state index is 10.8. The first-order valence-electron chi connectivity index (χ1n) is 12.7. The number of fused-ring (bicyclic) bond motifs is 3. The predicted octanol–water partition coefficient (Wildman–Crippen LogP) is 6.73. The van der Waals surface area contributed by atoms with Gasteiger partial charge in [-0.05, 0) is 58.9 Å². The second-order valence-electron chi connectivity index (χ2n) is 9.56. The molecule has 182 valence electrons. The van der Waals surface area contributed by atoms with Gasteiger partial charge in [-0.2, -0.15) is 0 Å². The van der Waals surface area contributed by atoms with Gasteiger partial charge in [0, 0.05) is 11.1 Å². The highest BCUT2D eigenvalue weighted by Gasteiger charge is 2.22. The van der Waals surface area contributed by atoms with Crippen LogP contribution in [-0.4, -0.2) is 34.2 Å². The van der Waals surface area contributed by atoms with Gasteiger partial charge < -0.3 is 10.2 Å². The lowest BCUT2D eigenvalue weighted by molar-refractivity contribution is 0.437. The highest BCUT2D eigenvalue weighted by molar-refractivity contribution is 6.14. The zero-order valence-electron chi connectivity index (χ0n) is 20.5. The Morgan fingerprint density at radius 2 is 1.24 bits per heavy atom. The SMILES string of the molecule is OC1=CCc2ccccc2C1=NC[C@H](Cc1cccc2ccccc12)N=C1C(O)=CCc2ccccc21. The van der Waals surface area contributed by atoms with E-state index in [0.29, 0.717) is 37.2 Å². The van der Waals surface area contributed by atoms with Gasteiger partial charge in [0.05, 0.1) is 12.6 Å². The van der Waals surface area contributed by atoms with E-state index in [1.165, 1.54) is 16.3 Å². The fraction of sp³-hybridized carbons (Fsp3) is 0.152. The maximum atomic E-state index is 10.8. The normalized spacial score (nSPS) is 17.7. The molecule has 0 aliphatic heterocycles. The van der Waals surface area contributed by atoms with E-state index >= 15 is 0 Å². The second-order valence-corrected chi connectivity index (χ2v) is 9.56. The summed E-state index contributed by atoms with van der Waals surface area (Å²) in [6.45, 7) is 0.379. The number of hydrogen-bond acceptors (Lipinski definition) is 4. The number of hydrogen-bond donors (Lipinski definition) is 2. The molecule has 2 N–H and O–H groups in total. The molecule has 2 aliphatic carbocycles. The summed E-state index contributed by atoms with van der Waals surface area (Å²) in [7, 11) is 0. The first-order valence-corrected chi connectivity index (χ1v) is 12.7. The van der Waals surface area contributed by atoms with Crippen molar-refractivity contribution in [2.24, 2.45) is 9.98 Å². The lowest BCUT2D eigenvalue weighted by Crippen LogP contribution is -2.22. The van der Waals surface area contributed by atoms with Crippen molar-refractivity contribution in [3.63, 3.8) is 0 Å². The molecule has 0 unspecified atom stereocenters. The largest absolute Gasteiger partial charge is 0.506 e. The Bertz CT molecular complexity index is 1600. The average molecular weight is 485 g/mol. The van der Waals surface area contributed by atoms with E-state index in [0.717, 1.165) is 22.3 Å². The summed E-state index contributed by atoms with van der Waals surface area (Å²) >= 11 is 0. The predicted molar refractivity (Wildman–Crippen MR) is 151 cm³/mol. The number of aliphatic hydroxyl groups excluding tert-OH is 2. The molecule has 0 radical (unpaired) electrons. The van der Waals surface area contributed by atoms with Gasteiger partial charge in [-0.1, -0.05) is 91.0 Å². The third kappa shape index (κ3) is 4.58. The summed E-state index contributed by atoms with van der Waals surface area (Å²) < 4.78 is 0. The van der Waals surface area contributed by atoms with Crippen molar-refractivity contribution >= 4 is 22.2 Å². The Hall–Kier alpha value is -4.44. The molecule has 0 aromatic heterocycles. The van der Waals surface area contributed by atoms with Crippen LogP contribution in [0.4, 0.5) is 0 Å². The van der Waals surface area contributed by atoms with E-state index in [9.17, 15) is 10.2 Å². The molecule has 4 heteroatoms. The first-order chi connectivity index (χ1) is 18.2. The van der Waals surface area contributed by atoms with Crippen LogP contribution in [0.2, 0.25) is 0 Å². The minimum absolute atomic E-state index is 0.208. The van der Waals surface area contributed by atoms with Gasteiger partial charge in [0.2, 0.25) is 0 Å². The monoisotopic (exact) mass is 484 g/mol. The lowest BCUT2D eigenvalue weighted by atomic mass is 9.93. The fourth-order valence-electron chi connectivity index (χ4n) is 5.30. The molecule has 0 spiro atoms.